The molecule has 0 saturated carbocycles. The van der Waals surface area contributed by atoms with Gasteiger partial charge in [-0.3, -0.25) is 9.59 Å². The van der Waals surface area contributed by atoms with Crippen molar-refractivity contribution in [3.63, 3.8) is 0 Å². The van der Waals surface area contributed by atoms with E-state index in [0.717, 1.165) is 16.6 Å². The van der Waals surface area contributed by atoms with Gasteiger partial charge in [-0.15, -0.1) is 0 Å². The van der Waals surface area contributed by atoms with Gasteiger partial charge in [0.1, 0.15) is 17.9 Å². The second-order valence-electron chi connectivity index (χ2n) is 9.84. The molecule has 0 aliphatic rings. The topological polar surface area (TPSA) is 88.2 Å². The summed E-state index contributed by atoms with van der Waals surface area (Å²) in [5, 5.41) is 10.7. The highest BCUT2D eigenvalue weighted by atomic mass is 35.5. The zero-order valence-electron chi connectivity index (χ0n) is 23.2. The van der Waals surface area contributed by atoms with Gasteiger partial charge in [-0.1, -0.05) is 41.4 Å². The summed E-state index contributed by atoms with van der Waals surface area (Å²) < 4.78 is 7.82. The number of aromatic nitrogens is 2. The fourth-order valence-electron chi connectivity index (χ4n) is 4.67. The number of para-hydroxylation sites is 1. The number of carbonyl (C=O) groups excluding carboxylic acids is 2. The van der Waals surface area contributed by atoms with Crippen molar-refractivity contribution in [3.05, 3.63) is 123 Å². The van der Waals surface area contributed by atoms with Crippen LogP contribution in [0.4, 0.5) is 5.69 Å². The summed E-state index contributed by atoms with van der Waals surface area (Å²) in [5.41, 5.74) is 4.69. The van der Waals surface area contributed by atoms with Crippen LogP contribution < -0.4 is 9.64 Å². The summed E-state index contributed by atoms with van der Waals surface area (Å²) in [5.74, 6) is 0.183. The van der Waals surface area contributed by atoms with Crippen LogP contribution >= 0.6 is 23.2 Å². The number of hydrogen-bond acceptors (Lipinski definition) is 5. The van der Waals surface area contributed by atoms with E-state index in [0.29, 0.717) is 49.6 Å². The Labute approximate surface area is 253 Å². The van der Waals surface area contributed by atoms with Crippen molar-refractivity contribution in [2.45, 2.75) is 20.0 Å². The van der Waals surface area contributed by atoms with Crippen LogP contribution in [-0.4, -0.2) is 28.3 Å². The van der Waals surface area contributed by atoms with Gasteiger partial charge in [-0.2, -0.15) is 5.26 Å². The SMILES string of the molecule is Cc1ccc2cccc(OCc3c(Cl)ccc(N(C)C(=O)Cc4ccc(C(=O)c5ccc(C#N)cc5)n4C)c3Cl)c2n1. The van der Waals surface area contributed by atoms with E-state index < -0.39 is 0 Å². The molecule has 0 fully saturated rings. The van der Waals surface area contributed by atoms with E-state index in [1.807, 2.05) is 43.3 Å². The lowest BCUT2D eigenvalue weighted by Gasteiger charge is -2.21. The summed E-state index contributed by atoms with van der Waals surface area (Å²) in [6.07, 6.45) is 0.0411. The molecule has 3 aromatic carbocycles. The number of rotatable bonds is 8. The van der Waals surface area contributed by atoms with Crippen LogP contribution in [0.2, 0.25) is 10.0 Å². The standard InChI is InChI=1S/C33H26Cl2N4O3/c1-20-7-10-22-5-4-6-29(32(22)37-20)42-19-25-26(34)14-16-27(31(25)35)39(3)30(40)17-24-13-15-28(38(24)2)33(41)23-11-8-21(18-36)9-12-23/h4-16H,17,19H2,1-3H3. The molecule has 0 saturated heterocycles. The predicted molar refractivity (Wildman–Crippen MR) is 164 cm³/mol. The van der Waals surface area contributed by atoms with Gasteiger partial charge in [0.15, 0.2) is 0 Å². The molecule has 42 heavy (non-hydrogen) atoms. The van der Waals surface area contributed by atoms with Gasteiger partial charge in [0.25, 0.3) is 0 Å². The van der Waals surface area contributed by atoms with E-state index in [2.05, 4.69) is 4.98 Å². The van der Waals surface area contributed by atoms with Crippen LogP contribution in [0.1, 0.15) is 38.6 Å². The number of anilines is 1. The molecular weight excluding hydrogens is 571 g/mol. The molecule has 0 N–H and O–H groups in total. The molecule has 210 valence electrons. The Hall–Kier alpha value is -4.64. The number of nitrogens with zero attached hydrogens (tertiary/aromatic N) is 4. The zero-order valence-corrected chi connectivity index (χ0v) is 24.7. The lowest BCUT2D eigenvalue weighted by atomic mass is 10.1. The molecule has 0 aliphatic carbocycles. The van der Waals surface area contributed by atoms with Gasteiger partial charge in [-0.25, -0.2) is 4.98 Å². The first-order chi connectivity index (χ1) is 20.2. The van der Waals surface area contributed by atoms with Gasteiger partial charge in [0.05, 0.1) is 34.5 Å². The van der Waals surface area contributed by atoms with Crippen molar-refractivity contribution < 1.29 is 14.3 Å². The van der Waals surface area contributed by atoms with Gasteiger partial charge in [0.2, 0.25) is 11.7 Å². The molecule has 7 nitrogen and oxygen atoms in total. The smallest absolute Gasteiger partial charge is 0.232 e. The summed E-state index contributed by atoms with van der Waals surface area (Å²) in [6, 6.07) is 25.0. The van der Waals surface area contributed by atoms with Gasteiger partial charge < -0.3 is 14.2 Å². The third kappa shape index (κ3) is 5.73. The normalized spacial score (nSPS) is 10.9. The molecule has 0 atom stereocenters. The first kappa shape index (κ1) is 28.9. The van der Waals surface area contributed by atoms with Crippen LogP contribution in [-0.2, 0) is 24.9 Å². The number of pyridine rings is 1. The number of ketones is 1. The minimum Gasteiger partial charge on any atom is -0.487 e. The third-order valence-corrected chi connectivity index (χ3v) is 7.94. The Morgan fingerprint density at radius 2 is 1.76 bits per heavy atom. The molecule has 5 aromatic rings. The maximum Gasteiger partial charge on any atom is 0.232 e. The summed E-state index contributed by atoms with van der Waals surface area (Å²) in [4.78, 5) is 32.5. The summed E-state index contributed by atoms with van der Waals surface area (Å²) in [7, 11) is 3.39. The van der Waals surface area contributed by atoms with E-state index in [1.165, 1.54) is 4.90 Å². The van der Waals surface area contributed by atoms with Crippen LogP contribution in [0.15, 0.2) is 78.9 Å². The molecule has 0 unspecified atom stereocenters. The summed E-state index contributed by atoms with van der Waals surface area (Å²) in [6.45, 7) is 2.00. The molecule has 5 rings (SSSR count). The quantitative estimate of drug-likeness (QED) is 0.179. The molecule has 2 heterocycles. The fourth-order valence-corrected chi connectivity index (χ4v) is 5.28. The zero-order chi connectivity index (χ0) is 30.0. The Morgan fingerprint density at radius 3 is 2.50 bits per heavy atom. The molecule has 0 bridgehead atoms. The van der Waals surface area contributed by atoms with Crippen molar-refractivity contribution >= 4 is 51.5 Å². The highest BCUT2D eigenvalue weighted by Crippen LogP contribution is 2.35. The van der Waals surface area contributed by atoms with Crippen molar-refractivity contribution in [3.8, 4) is 11.8 Å². The van der Waals surface area contributed by atoms with E-state index in [4.69, 9.17) is 33.2 Å². The maximum absolute atomic E-state index is 13.4. The van der Waals surface area contributed by atoms with Crippen LogP contribution in [0, 0.1) is 18.3 Å². The molecule has 0 aliphatic heterocycles. The Bertz CT molecular complexity index is 1870. The summed E-state index contributed by atoms with van der Waals surface area (Å²) >= 11 is 13.3. The van der Waals surface area contributed by atoms with Crippen molar-refractivity contribution in [1.82, 2.24) is 9.55 Å². The number of amides is 1. The molecule has 0 spiro atoms. The average Bonchev–Trinajstić information content (AvgIpc) is 3.35. The predicted octanol–water partition coefficient (Wildman–Crippen LogP) is 7.08. The van der Waals surface area contributed by atoms with Crippen molar-refractivity contribution in [2.24, 2.45) is 7.05 Å². The molecule has 2 aromatic heterocycles. The van der Waals surface area contributed by atoms with Gasteiger partial charge >= 0.3 is 0 Å². The first-order valence-electron chi connectivity index (χ1n) is 13.1. The molecule has 9 heteroatoms. The average molecular weight is 598 g/mol. The van der Waals surface area contributed by atoms with Crippen molar-refractivity contribution in [2.75, 3.05) is 11.9 Å². The largest absolute Gasteiger partial charge is 0.487 e. The van der Waals surface area contributed by atoms with Gasteiger partial charge in [0, 0.05) is 47.0 Å². The number of aryl methyl sites for hydroxylation is 1. The van der Waals surface area contributed by atoms with E-state index >= 15 is 0 Å². The third-order valence-electron chi connectivity index (χ3n) is 7.16. The van der Waals surface area contributed by atoms with Crippen LogP contribution in [0.25, 0.3) is 10.9 Å². The fraction of sp³-hybridized carbons (Fsp3) is 0.152. The maximum atomic E-state index is 13.4. The van der Waals surface area contributed by atoms with Crippen LogP contribution in [0.5, 0.6) is 5.75 Å². The second-order valence-corrected chi connectivity index (χ2v) is 10.6. The van der Waals surface area contributed by atoms with E-state index in [9.17, 15) is 9.59 Å². The molecular formula is C33H26Cl2N4O3. The monoisotopic (exact) mass is 596 g/mol. The molecule has 1 amide bonds. The number of ether oxygens (including phenoxy) is 1. The Morgan fingerprint density at radius 1 is 1.00 bits per heavy atom. The lowest BCUT2D eigenvalue weighted by molar-refractivity contribution is -0.117. The second kappa shape index (κ2) is 12.1. The van der Waals surface area contributed by atoms with E-state index in [-0.39, 0.29) is 24.7 Å². The number of fused-ring (bicyclic) bond motifs is 1. The number of carbonyl (C=O) groups is 2. The van der Waals surface area contributed by atoms with Crippen LogP contribution in [0.3, 0.4) is 0 Å². The Balaban J connectivity index is 1.33. The number of hydrogen-bond donors (Lipinski definition) is 0. The number of benzene rings is 3. The minimum atomic E-state index is -0.224. The lowest BCUT2D eigenvalue weighted by Crippen LogP contribution is -2.29. The number of nitriles is 1. The highest BCUT2D eigenvalue weighted by molar-refractivity contribution is 6.38. The highest BCUT2D eigenvalue weighted by Gasteiger charge is 2.22. The first-order valence-corrected chi connectivity index (χ1v) is 13.9. The van der Waals surface area contributed by atoms with Crippen molar-refractivity contribution in [1.29, 1.82) is 5.26 Å². The Kier molecular flexibility index (Phi) is 8.30. The number of halogens is 2. The molecule has 0 radical (unpaired) electrons. The minimum absolute atomic E-state index is 0.0411. The number of likely N-dealkylation sites (N-methyl/N-ethyl adjacent to an activating group) is 1. The van der Waals surface area contributed by atoms with E-state index in [1.54, 1.807) is 67.2 Å². The van der Waals surface area contributed by atoms with Gasteiger partial charge in [-0.05, 0) is 67.6 Å².